The molecule has 1 aliphatic heterocycles. The second-order valence-corrected chi connectivity index (χ2v) is 7.09. The van der Waals surface area contributed by atoms with Crippen molar-refractivity contribution in [2.45, 2.75) is 6.42 Å². The summed E-state index contributed by atoms with van der Waals surface area (Å²) < 4.78 is 35.9. The van der Waals surface area contributed by atoms with Gasteiger partial charge in [0.2, 0.25) is 0 Å². The first kappa shape index (κ1) is 14.3. The maximum Gasteiger partial charge on any atom is 0.151 e. The first-order chi connectivity index (χ1) is 9.05. The number of hydrogen-bond acceptors (Lipinski definition) is 4. The summed E-state index contributed by atoms with van der Waals surface area (Å²) in [6.07, 6.45) is 0.697. The van der Waals surface area contributed by atoms with E-state index in [1.54, 1.807) is 6.07 Å². The fraction of sp³-hybridized carbons (Fsp3) is 0.538. The molecule has 0 aliphatic carbocycles. The van der Waals surface area contributed by atoms with Crippen LogP contribution in [0.3, 0.4) is 0 Å². The van der Waals surface area contributed by atoms with Crippen LogP contribution in [-0.2, 0) is 9.84 Å². The van der Waals surface area contributed by atoms with E-state index in [4.69, 9.17) is 0 Å². The summed E-state index contributed by atoms with van der Waals surface area (Å²) in [6.45, 7) is 2.85. The summed E-state index contributed by atoms with van der Waals surface area (Å²) in [7, 11) is -2.85. The van der Waals surface area contributed by atoms with E-state index in [0.29, 0.717) is 25.3 Å². The van der Waals surface area contributed by atoms with Gasteiger partial charge in [0.15, 0.2) is 9.84 Å². The van der Waals surface area contributed by atoms with Crippen molar-refractivity contribution in [2.24, 2.45) is 0 Å². The van der Waals surface area contributed by atoms with Gasteiger partial charge in [-0.05, 0) is 31.2 Å². The average Bonchev–Trinajstić information content (AvgIpc) is 2.51. The summed E-state index contributed by atoms with van der Waals surface area (Å²) in [5.41, 5.74) is 0.752. The quantitative estimate of drug-likeness (QED) is 0.908. The topological polar surface area (TPSA) is 49.4 Å². The molecule has 0 aromatic heterocycles. The van der Waals surface area contributed by atoms with Gasteiger partial charge in [-0.15, -0.1) is 0 Å². The maximum absolute atomic E-state index is 13.0. The zero-order chi connectivity index (χ0) is 13.7. The van der Waals surface area contributed by atoms with Crippen molar-refractivity contribution in [3.8, 4) is 0 Å². The molecule has 106 valence electrons. The second-order valence-electron chi connectivity index (χ2n) is 4.78. The highest BCUT2D eigenvalue weighted by atomic mass is 32.2. The standard InChI is InChI=1S/C13H19FN2O2S/c14-12-3-1-4-13(11-12)15-5-7-16-6-2-9-19(17,18)10-8-16/h1,3-4,11,15H,2,5-10H2. The van der Waals surface area contributed by atoms with Crippen LogP contribution in [0.4, 0.5) is 10.1 Å². The maximum atomic E-state index is 13.0. The molecule has 0 radical (unpaired) electrons. The smallest absolute Gasteiger partial charge is 0.151 e. The van der Waals surface area contributed by atoms with Crippen LogP contribution in [0, 0.1) is 5.82 Å². The first-order valence-corrected chi connectivity index (χ1v) is 8.29. The SMILES string of the molecule is O=S1(=O)CCCN(CCNc2cccc(F)c2)CC1. The lowest BCUT2D eigenvalue weighted by Crippen LogP contribution is -2.31. The zero-order valence-electron chi connectivity index (χ0n) is 10.8. The van der Waals surface area contributed by atoms with E-state index < -0.39 is 9.84 Å². The monoisotopic (exact) mass is 286 g/mol. The van der Waals surface area contributed by atoms with Crippen molar-refractivity contribution in [1.29, 1.82) is 0 Å². The molecular weight excluding hydrogens is 267 g/mol. The molecule has 4 nitrogen and oxygen atoms in total. The van der Waals surface area contributed by atoms with Crippen molar-refractivity contribution in [3.05, 3.63) is 30.1 Å². The van der Waals surface area contributed by atoms with Gasteiger partial charge in [-0.25, -0.2) is 12.8 Å². The molecule has 0 spiro atoms. The normalized spacial score (nSPS) is 19.8. The van der Waals surface area contributed by atoms with Crippen LogP contribution in [0.5, 0.6) is 0 Å². The van der Waals surface area contributed by atoms with Gasteiger partial charge in [0.05, 0.1) is 11.5 Å². The lowest BCUT2D eigenvalue weighted by molar-refractivity contribution is 0.307. The number of rotatable bonds is 4. The predicted octanol–water partition coefficient (Wildman–Crippen LogP) is 1.36. The summed E-state index contributed by atoms with van der Waals surface area (Å²) in [4.78, 5) is 2.14. The van der Waals surface area contributed by atoms with Gasteiger partial charge in [-0.1, -0.05) is 6.07 Å². The number of hydrogen-bond donors (Lipinski definition) is 1. The Morgan fingerprint density at radius 2 is 2.11 bits per heavy atom. The molecule has 0 amide bonds. The van der Waals surface area contributed by atoms with Crippen LogP contribution in [0.25, 0.3) is 0 Å². The number of benzene rings is 1. The second kappa shape index (κ2) is 6.34. The fourth-order valence-corrected chi connectivity index (χ4v) is 3.48. The molecule has 1 aromatic carbocycles. The highest BCUT2D eigenvalue weighted by Gasteiger charge is 2.18. The molecule has 6 heteroatoms. The summed E-state index contributed by atoms with van der Waals surface area (Å²) in [6, 6.07) is 6.34. The van der Waals surface area contributed by atoms with E-state index in [1.165, 1.54) is 12.1 Å². The summed E-state index contributed by atoms with van der Waals surface area (Å²) in [5.74, 6) is 0.277. The van der Waals surface area contributed by atoms with Crippen LogP contribution in [0.2, 0.25) is 0 Å². The number of nitrogens with zero attached hydrogens (tertiary/aromatic N) is 1. The molecule has 0 atom stereocenters. The summed E-state index contributed by atoms with van der Waals surface area (Å²) in [5, 5.41) is 3.14. The van der Waals surface area contributed by atoms with Gasteiger partial charge in [-0.3, -0.25) is 0 Å². The lowest BCUT2D eigenvalue weighted by Gasteiger charge is -2.19. The van der Waals surface area contributed by atoms with E-state index in [0.717, 1.165) is 18.8 Å². The van der Waals surface area contributed by atoms with Gasteiger partial charge in [0.1, 0.15) is 5.82 Å². The van der Waals surface area contributed by atoms with E-state index in [9.17, 15) is 12.8 Å². The highest BCUT2D eigenvalue weighted by molar-refractivity contribution is 7.91. The molecular formula is C13H19FN2O2S. The highest BCUT2D eigenvalue weighted by Crippen LogP contribution is 2.09. The largest absolute Gasteiger partial charge is 0.384 e. The fourth-order valence-electron chi connectivity index (χ4n) is 2.17. The molecule has 1 heterocycles. The number of nitrogens with one attached hydrogen (secondary N) is 1. The van der Waals surface area contributed by atoms with Gasteiger partial charge in [0.25, 0.3) is 0 Å². The Morgan fingerprint density at radius 1 is 1.26 bits per heavy atom. The average molecular weight is 286 g/mol. The number of sulfone groups is 1. The molecule has 1 aliphatic rings. The third-order valence-corrected chi connectivity index (χ3v) is 4.95. The van der Waals surface area contributed by atoms with E-state index >= 15 is 0 Å². The van der Waals surface area contributed by atoms with Crippen LogP contribution in [0.1, 0.15) is 6.42 Å². The molecule has 1 saturated heterocycles. The summed E-state index contributed by atoms with van der Waals surface area (Å²) >= 11 is 0. The van der Waals surface area contributed by atoms with Gasteiger partial charge in [-0.2, -0.15) is 0 Å². The van der Waals surface area contributed by atoms with Gasteiger partial charge in [0, 0.05) is 25.3 Å². The van der Waals surface area contributed by atoms with Crippen molar-refractivity contribution in [2.75, 3.05) is 43.0 Å². The Bertz CT molecular complexity index is 519. The molecule has 1 N–H and O–H groups in total. The minimum atomic E-state index is -2.85. The molecule has 19 heavy (non-hydrogen) atoms. The minimum absolute atomic E-state index is 0.243. The Labute approximate surface area is 113 Å². The molecule has 1 aromatic rings. The predicted molar refractivity (Wildman–Crippen MR) is 74.6 cm³/mol. The van der Waals surface area contributed by atoms with Crippen molar-refractivity contribution >= 4 is 15.5 Å². The zero-order valence-corrected chi connectivity index (χ0v) is 11.6. The molecule has 0 bridgehead atoms. The molecule has 2 rings (SSSR count). The molecule has 1 fully saturated rings. The van der Waals surface area contributed by atoms with Crippen LogP contribution < -0.4 is 5.32 Å². The Kier molecular flexibility index (Phi) is 4.76. The van der Waals surface area contributed by atoms with E-state index in [2.05, 4.69) is 10.2 Å². The van der Waals surface area contributed by atoms with E-state index in [1.807, 2.05) is 6.07 Å². The number of halogens is 1. The van der Waals surface area contributed by atoms with Crippen molar-refractivity contribution in [1.82, 2.24) is 4.90 Å². The van der Waals surface area contributed by atoms with Crippen molar-refractivity contribution in [3.63, 3.8) is 0 Å². The first-order valence-electron chi connectivity index (χ1n) is 6.47. The lowest BCUT2D eigenvalue weighted by atomic mass is 10.3. The minimum Gasteiger partial charge on any atom is -0.384 e. The Morgan fingerprint density at radius 3 is 2.89 bits per heavy atom. The van der Waals surface area contributed by atoms with E-state index in [-0.39, 0.29) is 11.6 Å². The molecule has 0 saturated carbocycles. The Hall–Kier alpha value is -1.14. The van der Waals surface area contributed by atoms with Crippen LogP contribution in [-0.4, -0.2) is 51.0 Å². The molecule has 0 unspecified atom stereocenters. The van der Waals surface area contributed by atoms with Gasteiger partial charge < -0.3 is 10.2 Å². The van der Waals surface area contributed by atoms with Gasteiger partial charge >= 0.3 is 0 Å². The van der Waals surface area contributed by atoms with Crippen LogP contribution in [0.15, 0.2) is 24.3 Å². The third-order valence-electron chi connectivity index (χ3n) is 3.23. The Balaban J connectivity index is 1.77. The number of anilines is 1. The van der Waals surface area contributed by atoms with Crippen molar-refractivity contribution < 1.29 is 12.8 Å². The third kappa shape index (κ3) is 4.80. The van der Waals surface area contributed by atoms with Crippen LogP contribution >= 0.6 is 0 Å².